The number of benzene rings is 2. The number of aryl methyl sites for hydroxylation is 2. The number of nitrogens with one attached hydrogen (secondary N) is 1. The molecule has 3 rings (SSSR count). The molecule has 0 saturated heterocycles. The van der Waals surface area contributed by atoms with Crippen molar-refractivity contribution < 1.29 is 9.53 Å². The van der Waals surface area contributed by atoms with Crippen molar-refractivity contribution in [1.82, 2.24) is 14.9 Å². The molecule has 0 saturated carbocycles. The number of carbonyl (C=O) groups is 1. The summed E-state index contributed by atoms with van der Waals surface area (Å²) < 4.78 is 8.33. The third kappa shape index (κ3) is 4.90. The normalized spacial score (nSPS) is 12.2. The van der Waals surface area contributed by atoms with Crippen molar-refractivity contribution in [3.05, 3.63) is 72.1 Å². The molecule has 3 aromatic rings. The third-order valence-electron chi connectivity index (χ3n) is 5.19. The Labute approximate surface area is 178 Å². The van der Waals surface area contributed by atoms with E-state index in [1.54, 1.807) is 0 Å². The Kier molecular flexibility index (Phi) is 6.93. The average Bonchev–Trinajstić information content (AvgIpc) is 3.09. The minimum atomic E-state index is -0.215. The predicted octanol–water partition coefficient (Wildman–Crippen LogP) is 5.30. The number of amides is 1. The smallest absolute Gasteiger partial charge is 0.243 e. The van der Waals surface area contributed by atoms with Crippen LogP contribution in [0.5, 0.6) is 5.75 Å². The van der Waals surface area contributed by atoms with Crippen molar-refractivity contribution in [2.75, 3.05) is 6.61 Å². The molecule has 2 aromatic carbocycles. The summed E-state index contributed by atoms with van der Waals surface area (Å²) in [6, 6.07) is 14.2. The van der Waals surface area contributed by atoms with Crippen LogP contribution in [0.1, 0.15) is 56.1 Å². The second-order valence-electron chi connectivity index (χ2n) is 7.94. The molecule has 1 heterocycles. The fourth-order valence-electron chi connectivity index (χ4n) is 3.64. The van der Waals surface area contributed by atoms with Crippen LogP contribution in [0.3, 0.4) is 0 Å². The summed E-state index contributed by atoms with van der Waals surface area (Å²) in [5.41, 5.74) is 4.42. The van der Waals surface area contributed by atoms with Crippen LogP contribution in [0.2, 0.25) is 0 Å². The van der Waals surface area contributed by atoms with E-state index in [0.29, 0.717) is 12.5 Å². The van der Waals surface area contributed by atoms with Gasteiger partial charge >= 0.3 is 0 Å². The van der Waals surface area contributed by atoms with Crippen molar-refractivity contribution in [3.63, 3.8) is 0 Å². The zero-order chi connectivity index (χ0) is 21.7. The van der Waals surface area contributed by atoms with Crippen LogP contribution in [-0.4, -0.2) is 22.1 Å². The van der Waals surface area contributed by atoms with Gasteiger partial charge in [0.25, 0.3) is 0 Å². The maximum absolute atomic E-state index is 11.8. The number of aromatic nitrogens is 2. The first kappa shape index (κ1) is 21.6. The molecule has 1 unspecified atom stereocenters. The number of nitrogens with zero attached hydrogens (tertiary/aromatic N) is 2. The first-order chi connectivity index (χ1) is 14.4. The molecule has 1 atom stereocenters. The summed E-state index contributed by atoms with van der Waals surface area (Å²) >= 11 is 0. The maximum atomic E-state index is 11.8. The number of ether oxygens (including phenoxy) is 1. The fraction of sp³-hybridized carbons (Fsp3) is 0.360. The van der Waals surface area contributed by atoms with Gasteiger partial charge in [0.2, 0.25) is 5.91 Å². The van der Waals surface area contributed by atoms with Gasteiger partial charge in [0, 0.05) is 6.54 Å². The lowest BCUT2D eigenvalue weighted by atomic mass is 10.0. The highest BCUT2D eigenvalue weighted by Crippen LogP contribution is 2.28. The maximum Gasteiger partial charge on any atom is 0.243 e. The van der Waals surface area contributed by atoms with Gasteiger partial charge in [-0.3, -0.25) is 4.79 Å². The molecule has 5 heteroatoms. The second kappa shape index (κ2) is 9.61. The molecule has 1 amide bonds. The summed E-state index contributed by atoms with van der Waals surface area (Å²) in [4.78, 5) is 16.5. The zero-order valence-corrected chi connectivity index (χ0v) is 18.3. The van der Waals surface area contributed by atoms with E-state index in [2.05, 4.69) is 61.5 Å². The summed E-state index contributed by atoms with van der Waals surface area (Å²) in [6.07, 6.45) is 2.12. The van der Waals surface area contributed by atoms with Crippen molar-refractivity contribution in [1.29, 1.82) is 0 Å². The number of fused-ring (bicyclic) bond motifs is 1. The van der Waals surface area contributed by atoms with Gasteiger partial charge in [0.05, 0.1) is 23.7 Å². The SMILES string of the molecule is C=CC(=O)NC(C)c1nc2ccccc2n1CCCOc1cc(C)ccc1C(C)C. The Hall–Kier alpha value is -3.08. The molecule has 0 spiro atoms. The summed E-state index contributed by atoms with van der Waals surface area (Å²) in [5.74, 6) is 2.02. The van der Waals surface area contributed by atoms with Crippen LogP contribution in [-0.2, 0) is 11.3 Å². The number of rotatable bonds is 9. The summed E-state index contributed by atoms with van der Waals surface area (Å²) in [7, 11) is 0. The van der Waals surface area contributed by atoms with Gasteiger partial charge in [0.15, 0.2) is 0 Å². The number of para-hydroxylation sites is 2. The van der Waals surface area contributed by atoms with E-state index in [4.69, 9.17) is 9.72 Å². The second-order valence-corrected chi connectivity index (χ2v) is 7.94. The summed E-state index contributed by atoms with van der Waals surface area (Å²) in [6.45, 7) is 13.3. The molecule has 0 aliphatic heterocycles. The van der Waals surface area contributed by atoms with Crippen LogP contribution in [0, 0.1) is 6.92 Å². The van der Waals surface area contributed by atoms with E-state index < -0.39 is 0 Å². The minimum Gasteiger partial charge on any atom is -0.493 e. The van der Waals surface area contributed by atoms with Crippen molar-refractivity contribution in [2.45, 2.75) is 52.6 Å². The van der Waals surface area contributed by atoms with Crippen molar-refractivity contribution in [3.8, 4) is 5.75 Å². The van der Waals surface area contributed by atoms with E-state index in [-0.39, 0.29) is 11.9 Å². The Bertz CT molecular complexity index is 1040. The molecule has 0 bridgehead atoms. The molecule has 1 N–H and O–H groups in total. The Balaban J connectivity index is 1.74. The first-order valence-electron chi connectivity index (χ1n) is 10.5. The highest BCUT2D eigenvalue weighted by Gasteiger charge is 2.17. The van der Waals surface area contributed by atoms with Crippen molar-refractivity contribution in [2.24, 2.45) is 0 Å². The highest BCUT2D eigenvalue weighted by atomic mass is 16.5. The Morgan fingerprint density at radius 2 is 2.00 bits per heavy atom. The van der Waals surface area contributed by atoms with Crippen molar-refractivity contribution >= 4 is 16.9 Å². The van der Waals surface area contributed by atoms with Crippen LogP contribution < -0.4 is 10.1 Å². The topological polar surface area (TPSA) is 56.2 Å². The molecule has 0 aliphatic rings. The number of hydrogen-bond donors (Lipinski definition) is 1. The van der Waals surface area contributed by atoms with E-state index in [1.165, 1.54) is 17.2 Å². The van der Waals surface area contributed by atoms with Gasteiger partial charge in [-0.1, -0.05) is 44.7 Å². The molecule has 0 aliphatic carbocycles. The largest absolute Gasteiger partial charge is 0.493 e. The van der Waals surface area contributed by atoms with E-state index >= 15 is 0 Å². The number of carbonyl (C=O) groups excluding carboxylic acids is 1. The molecular formula is C25H31N3O2. The Morgan fingerprint density at radius 1 is 1.23 bits per heavy atom. The molecule has 30 heavy (non-hydrogen) atoms. The third-order valence-corrected chi connectivity index (χ3v) is 5.19. The lowest BCUT2D eigenvalue weighted by Crippen LogP contribution is -2.27. The zero-order valence-electron chi connectivity index (χ0n) is 18.3. The predicted molar refractivity (Wildman–Crippen MR) is 122 cm³/mol. The molecule has 1 aromatic heterocycles. The quantitative estimate of drug-likeness (QED) is 0.388. The van der Waals surface area contributed by atoms with Gasteiger partial charge in [-0.15, -0.1) is 0 Å². The number of hydrogen-bond acceptors (Lipinski definition) is 3. The van der Waals surface area contributed by atoms with Crippen LogP contribution in [0.25, 0.3) is 11.0 Å². The monoisotopic (exact) mass is 405 g/mol. The van der Waals surface area contributed by atoms with E-state index in [9.17, 15) is 4.79 Å². The van der Waals surface area contributed by atoms with Gasteiger partial charge in [-0.2, -0.15) is 0 Å². The van der Waals surface area contributed by atoms with Gasteiger partial charge in [0.1, 0.15) is 11.6 Å². The standard InChI is InChI=1S/C25H31N3O2/c1-6-24(29)26-19(5)25-27-21-10-7-8-11-22(21)28(25)14-9-15-30-23-16-18(4)12-13-20(23)17(2)3/h6-8,10-13,16-17,19H,1,9,14-15H2,2-5H3,(H,26,29). The van der Waals surface area contributed by atoms with Crippen LogP contribution >= 0.6 is 0 Å². The molecular weight excluding hydrogens is 374 g/mol. The fourth-order valence-corrected chi connectivity index (χ4v) is 3.64. The lowest BCUT2D eigenvalue weighted by molar-refractivity contribution is -0.117. The molecule has 0 radical (unpaired) electrons. The lowest BCUT2D eigenvalue weighted by Gasteiger charge is -2.17. The van der Waals surface area contributed by atoms with E-state index in [1.807, 2.05) is 25.1 Å². The average molecular weight is 406 g/mol. The van der Waals surface area contributed by atoms with Gasteiger partial charge < -0.3 is 14.6 Å². The Morgan fingerprint density at radius 3 is 2.73 bits per heavy atom. The van der Waals surface area contributed by atoms with Crippen LogP contribution in [0.4, 0.5) is 0 Å². The number of imidazole rings is 1. The molecule has 158 valence electrons. The van der Waals surface area contributed by atoms with E-state index in [0.717, 1.165) is 35.6 Å². The van der Waals surface area contributed by atoms with Gasteiger partial charge in [-0.25, -0.2) is 4.98 Å². The first-order valence-corrected chi connectivity index (χ1v) is 10.5. The molecule has 5 nitrogen and oxygen atoms in total. The minimum absolute atomic E-state index is 0.204. The highest BCUT2D eigenvalue weighted by molar-refractivity contribution is 5.87. The van der Waals surface area contributed by atoms with Gasteiger partial charge in [-0.05, 0) is 61.6 Å². The van der Waals surface area contributed by atoms with Crippen LogP contribution in [0.15, 0.2) is 55.1 Å². The molecule has 0 fully saturated rings. The summed E-state index contributed by atoms with van der Waals surface area (Å²) in [5, 5.41) is 2.92.